The molecule has 0 amide bonds. The Morgan fingerprint density at radius 3 is 2.17 bits per heavy atom. The molecule has 2 aliphatic rings. The second kappa shape index (κ2) is 7.47. The Morgan fingerprint density at radius 2 is 1.61 bits per heavy atom. The summed E-state index contributed by atoms with van der Waals surface area (Å²) in [4.78, 5) is 10.9. The maximum absolute atomic E-state index is 10.9. The highest BCUT2D eigenvalue weighted by atomic mass is 16.7. The summed E-state index contributed by atoms with van der Waals surface area (Å²) < 4.78 is 15.7. The molecular formula is C13H22O10. The van der Waals surface area contributed by atoms with E-state index in [4.69, 9.17) is 14.2 Å². The van der Waals surface area contributed by atoms with Crippen LogP contribution in [0.25, 0.3) is 0 Å². The van der Waals surface area contributed by atoms with Gasteiger partial charge in [-0.1, -0.05) is 0 Å². The Kier molecular flexibility index (Phi) is 6.05. The number of hydrogen-bond donors (Lipinski definition) is 6. The fourth-order valence-electron chi connectivity index (χ4n) is 2.69. The minimum absolute atomic E-state index is 0.240. The van der Waals surface area contributed by atoms with Gasteiger partial charge in [-0.05, 0) is 6.92 Å². The highest BCUT2D eigenvalue weighted by Gasteiger charge is 2.49. The van der Waals surface area contributed by atoms with E-state index in [1.54, 1.807) is 0 Å². The van der Waals surface area contributed by atoms with E-state index in [9.17, 15) is 35.4 Å². The van der Waals surface area contributed by atoms with Crippen LogP contribution in [-0.2, 0) is 19.0 Å². The first-order valence-corrected chi connectivity index (χ1v) is 7.24. The number of aliphatic hydroxyl groups excluding tert-OH is 6. The molecule has 0 aromatic rings. The lowest BCUT2D eigenvalue weighted by atomic mass is 9.95. The van der Waals surface area contributed by atoms with Gasteiger partial charge in [0.2, 0.25) is 0 Å². The van der Waals surface area contributed by atoms with Crippen LogP contribution in [0.3, 0.4) is 0 Å². The molecule has 10 unspecified atom stereocenters. The maximum Gasteiger partial charge on any atom is 0.187 e. The van der Waals surface area contributed by atoms with E-state index in [2.05, 4.69) is 0 Å². The first-order chi connectivity index (χ1) is 10.8. The minimum Gasteiger partial charge on any atom is -0.394 e. The summed E-state index contributed by atoms with van der Waals surface area (Å²) in [5.41, 5.74) is 0. The Bertz CT molecular complexity index is 404. The van der Waals surface area contributed by atoms with Crippen molar-refractivity contribution in [1.29, 1.82) is 0 Å². The SMILES string of the molecule is CC1OC(CO)C(OC2OC(C=O)C(O)C(O)C2O)C(O)C1O. The molecule has 0 bridgehead atoms. The summed E-state index contributed by atoms with van der Waals surface area (Å²) in [5, 5.41) is 58.4. The molecule has 2 aliphatic heterocycles. The van der Waals surface area contributed by atoms with Crippen LogP contribution in [-0.4, -0.2) is 105 Å². The molecule has 10 atom stereocenters. The number of carbonyl (C=O) groups is 1. The zero-order valence-electron chi connectivity index (χ0n) is 12.4. The molecule has 2 rings (SSSR count). The predicted molar refractivity (Wildman–Crippen MR) is 71.1 cm³/mol. The second-order valence-corrected chi connectivity index (χ2v) is 5.72. The van der Waals surface area contributed by atoms with E-state index in [1.165, 1.54) is 6.92 Å². The number of hydrogen-bond acceptors (Lipinski definition) is 10. The molecule has 134 valence electrons. The molecule has 0 radical (unpaired) electrons. The van der Waals surface area contributed by atoms with Crippen LogP contribution < -0.4 is 0 Å². The van der Waals surface area contributed by atoms with E-state index in [0.29, 0.717) is 0 Å². The van der Waals surface area contributed by atoms with Gasteiger partial charge in [0.1, 0.15) is 48.8 Å². The standard InChI is InChI=1S/C13H22O10/c1-4-7(16)10(19)12(6(3-15)21-4)23-13-11(20)9(18)8(17)5(2-14)22-13/h2,4-13,15-20H,3H2,1H3. The highest BCUT2D eigenvalue weighted by molar-refractivity contribution is 5.57. The number of aldehydes is 1. The lowest BCUT2D eigenvalue weighted by Gasteiger charge is -2.45. The summed E-state index contributed by atoms with van der Waals surface area (Å²) in [6.07, 6.45) is -13.6. The van der Waals surface area contributed by atoms with Crippen molar-refractivity contribution in [3.05, 3.63) is 0 Å². The average Bonchev–Trinajstić information content (AvgIpc) is 2.55. The maximum atomic E-state index is 10.9. The largest absolute Gasteiger partial charge is 0.394 e. The summed E-state index contributed by atoms with van der Waals surface area (Å²) in [5.74, 6) is 0. The molecule has 0 spiro atoms. The minimum atomic E-state index is -1.71. The van der Waals surface area contributed by atoms with Crippen LogP contribution in [0.2, 0.25) is 0 Å². The fraction of sp³-hybridized carbons (Fsp3) is 0.923. The molecule has 2 heterocycles. The van der Waals surface area contributed by atoms with Gasteiger partial charge in [-0.3, -0.25) is 0 Å². The van der Waals surface area contributed by atoms with Crippen molar-refractivity contribution >= 4 is 6.29 Å². The molecule has 10 heteroatoms. The zero-order chi connectivity index (χ0) is 17.3. The van der Waals surface area contributed by atoms with Gasteiger partial charge in [0.05, 0.1) is 12.7 Å². The van der Waals surface area contributed by atoms with Crippen molar-refractivity contribution in [1.82, 2.24) is 0 Å². The lowest BCUT2D eigenvalue weighted by Crippen LogP contribution is -2.63. The fourth-order valence-corrected chi connectivity index (χ4v) is 2.69. The summed E-state index contributed by atoms with van der Waals surface area (Å²) in [7, 11) is 0. The van der Waals surface area contributed by atoms with Crippen molar-refractivity contribution in [2.75, 3.05) is 6.61 Å². The van der Waals surface area contributed by atoms with E-state index >= 15 is 0 Å². The Labute approximate surface area is 131 Å². The van der Waals surface area contributed by atoms with Gasteiger partial charge in [-0.25, -0.2) is 0 Å². The number of ether oxygens (including phenoxy) is 3. The molecule has 0 aromatic carbocycles. The zero-order valence-corrected chi connectivity index (χ0v) is 12.4. The first-order valence-electron chi connectivity index (χ1n) is 7.24. The molecule has 0 saturated carbocycles. The molecule has 10 nitrogen and oxygen atoms in total. The van der Waals surface area contributed by atoms with Gasteiger partial charge >= 0.3 is 0 Å². The van der Waals surface area contributed by atoms with Crippen LogP contribution in [0, 0.1) is 0 Å². The molecule has 2 fully saturated rings. The van der Waals surface area contributed by atoms with Crippen molar-refractivity contribution < 1.29 is 49.6 Å². The van der Waals surface area contributed by atoms with Crippen LogP contribution >= 0.6 is 0 Å². The van der Waals surface area contributed by atoms with Crippen molar-refractivity contribution in [3.63, 3.8) is 0 Å². The molecular weight excluding hydrogens is 316 g/mol. The van der Waals surface area contributed by atoms with E-state index in [-0.39, 0.29) is 6.29 Å². The highest BCUT2D eigenvalue weighted by Crippen LogP contribution is 2.28. The van der Waals surface area contributed by atoms with Crippen molar-refractivity contribution in [3.8, 4) is 0 Å². The van der Waals surface area contributed by atoms with Gasteiger partial charge in [-0.15, -0.1) is 0 Å². The third-order valence-corrected chi connectivity index (χ3v) is 4.14. The van der Waals surface area contributed by atoms with Crippen LogP contribution in [0.15, 0.2) is 0 Å². The van der Waals surface area contributed by atoms with Crippen molar-refractivity contribution in [2.45, 2.75) is 68.1 Å². The topological polar surface area (TPSA) is 166 Å². The Morgan fingerprint density at radius 1 is 0.957 bits per heavy atom. The van der Waals surface area contributed by atoms with Gasteiger partial charge in [0.25, 0.3) is 0 Å². The summed E-state index contributed by atoms with van der Waals surface area (Å²) in [6.45, 7) is 0.963. The first kappa shape index (κ1) is 18.6. The monoisotopic (exact) mass is 338 g/mol. The molecule has 0 aliphatic carbocycles. The van der Waals surface area contributed by atoms with Crippen LogP contribution in [0.4, 0.5) is 0 Å². The molecule has 23 heavy (non-hydrogen) atoms. The van der Waals surface area contributed by atoms with Gasteiger partial charge in [0.15, 0.2) is 12.6 Å². The van der Waals surface area contributed by atoms with E-state index in [1.807, 2.05) is 0 Å². The third kappa shape index (κ3) is 3.55. The van der Waals surface area contributed by atoms with Gasteiger partial charge in [-0.2, -0.15) is 0 Å². The lowest BCUT2D eigenvalue weighted by molar-refractivity contribution is -0.332. The van der Waals surface area contributed by atoms with Gasteiger partial charge < -0.3 is 49.6 Å². The smallest absolute Gasteiger partial charge is 0.187 e. The van der Waals surface area contributed by atoms with E-state index < -0.39 is 67.8 Å². The number of rotatable bonds is 4. The number of carbonyl (C=O) groups excluding carboxylic acids is 1. The second-order valence-electron chi connectivity index (χ2n) is 5.72. The van der Waals surface area contributed by atoms with Gasteiger partial charge in [0, 0.05) is 0 Å². The van der Waals surface area contributed by atoms with Crippen molar-refractivity contribution in [2.24, 2.45) is 0 Å². The molecule has 6 N–H and O–H groups in total. The Hall–Kier alpha value is -0.690. The van der Waals surface area contributed by atoms with Crippen LogP contribution in [0.5, 0.6) is 0 Å². The van der Waals surface area contributed by atoms with E-state index in [0.717, 1.165) is 0 Å². The average molecular weight is 338 g/mol. The Balaban J connectivity index is 2.13. The molecule has 2 saturated heterocycles. The quantitative estimate of drug-likeness (QED) is 0.277. The summed E-state index contributed by atoms with van der Waals surface area (Å²) >= 11 is 0. The third-order valence-electron chi connectivity index (χ3n) is 4.14. The summed E-state index contributed by atoms with van der Waals surface area (Å²) in [6, 6.07) is 0. The predicted octanol–water partition coefficient (Wildman–Crippen LogP) is -4.12. The van der Waals surface area contributed by atoms with Crippen LogP contribution in [0.1, 0.15) is 6.92 Å². The number of aliphatic hydroxyl groups is 6. The normalized spacial score (nSPS) is 51.4. The molecule has 0 aromatic heterocycles.